The van der Waals surface area contributed by atoms with Crippen molar-refractivity contribution in [3.05, 3.63) is 65.9 Å². The normalized spacial score (nSPS) is 13.7. The number of benzene rings is 2. The van der Waals surface area contributed by atoms with Gasteiger partial charge in [0.15, 0.2) is 11.6 Å². The van der Waals surface area contributed by atoms with E-state index in [1.54, 1.807) is 12.3 Å². The molecule has 0 unspecified atom stereocenters. The number of halogens is 1. The summed E-state index contributed by atoms with van der Waals surface area (Å²) in [5.74, 6) is -0.613. The van der Waals surface area contributed by atoms with Crippen LogP contribution in [0.4, 0.5) is 14.9 Å². The van der Waals surface area contributed by atoms with Gasteiger partial charge in [0.05, 0.1) is 71.7 Å². The van der Waals surface area contributed by atoms with Crippen molar-refractivity contribution in [2.24, 2.45) is 5.41 Å². The zero-order valence-electron chi connectivity index (χ0n) is 24.8. The Morgan fingerprint density at radius 1 is 1.09 bits per heavy atom. The van der Waals surface area contributed by atoms with E-state index in [1.807, 2.05) is 19.1 Å². The fourth-order valence-electron chi connectivity index (χ4n) is 4.71. The molecular weight excluding hydrogens is 619 g/mol. The van der Waals surface area contributed by atoms with E-state index >= 15 is 0 Å². The first kappa shape index (κ1) is 31.0. The predicted molar refractivity (Wildman–Crippen MR) is 167 cm³/mol. The average molecular weight is 649 g/mol. The van der Waals surface area contributed by atoms with Gasteiger partial charge in [-0.3, -0.25) is 10.1 Å². The lowest BCUT2D eigenvalue weighted by Crippen LogP contribution is -2.53. The van der Waals surface area contributed by atoms with E-state index in [0.29, 0.717) is 51.0 Å². The summed E-state index contributed by atoms with van der Waals surface area (Å²) >= 11 is 1.36. The number of nitrogens with one attached hydrogen (secondary N) is 2. The second-order valence-electron chi connectivity index (χ2n) is 10.7. The molecule has 2 amide bonds. The van der Waals surface area contributed by atoms with Gasteiger partial charge in [-0.25, -0.2) is 29.1 Å². The minimum Gasteiger partial charge on any atom is -0.487 e. The lowest BCUT2D eigenvalue weighted by atomic mass is 9.87. The number of ether oxygens (including phenoxy) is 4. The van der Waals surface area contributed by atoms with E-state index in [1.165, 1.54) is 42.8 Å². The number of nitrogens with zero attached hydrogens (tertiary/aromatic N) is 4. The Bertz CT molecular complexity index is 1910. The molecule has 6 rings (SSSR count). The van der Waals surface area contributed by atoms with Crippen molar-refractivity contribution >= 4 is 50.3 Å². The van der Waals surface area contributed by atoms with E-state index in [9.17, 15) is 19.1 Å². The van der Waals surface area contributed by atoms with Crippen molar-refractivity contribution in [2.45, 2.75) is 6.92 Å². The number of aliphatic hydroxyl groups excluding tert-OH is 1. The maximum atomic E-state index is 14.9. The van der Waals surface area contributed by atoms with Crippen LogP contribution in [0.3, 0.4) is 0 Å². The minimum atomic E-state index is -0.772. The van der Waals surface area contributed by atoms with Crippen molar-refractivity contribution in [1.29, 1.82) is 0 Å². The van der Waals surface area contributed by atoms with Crippen LogP contribution in [-0.2, 0) is 9.47 Å². The third-order valence-electron chi connectivity index (χ3n) is 7.24. The minimum absolute atomic E-state index is 0.00172. The molecule has 1 aliphatic heterocycles. The molecule has 0 radical (unpaired) electrons. The second-order valence-corrected chi connectivity index (χ2v) is 11.8. The third-order valence-corrected chi connectivity index (χ3v) is 8.29. The van der Waals surface area contributed by atoms with E-state index in [4.69, 9.17) is 18.9 Å². The van der Waals surface area contributed by atoms with Crippen LogP contribution < -0.4 is 20.1 Å². The number of anilines is 1. The number of aliphatic hydroxyl groups is 1. The molecule has 0 aliphatic carbocycles. The maximum Gasteiger partial charge on any atom is 0.411 e. The van der Waals surface area contributed by atoms with Gasteiger partial charge in [-0.2, -0.15) is 0 Å². The number of aromatic nitrogens is 4. The molecule has 1 saturated heterocycles. The van der Waals surface area contributed by atoms with E-state index < -0.39 is 23.2 Å². The van der Waals surface area contributed by atoms with Gasteiger partial charge in [0.2, 0.25) is 5.88 Å². The van der Waals surface area contributed by atoms with E-state index in [2.05, 4.69) is 30.6 Å². The van der Waals surface area contributed by atoms with Gasteiger partial charge in [0, 0.05) is 24.2 Å². The molecule has 13 nitrogen and oxygen atoms in total. The Morgan fingerprint density at radius 2 is 1.93 bits per heavy atom. The molecule has 4 heterocycles. The number of thiazole rings is 1. The third kappa shape index (κ3) is 6.66. The van der Waals surface area contributed by atoms with Gasteiger partial charge in [0.1, 0.15) is 23.9 Å². The smallest absolute Gasteiger partial charge is 0.411 e. The predicted octanol–water partition coefficient (Wildman–Crippen LogP) is 4.12. The Balaban J connectivity index is 1.02. The molecule has 46 heavy (non-hydrogen) atoms. The molecule has 238 valence electrons. The highest BCUT2D eigenvalue weighted by atomic mass is 32.1. The fraction of sp³-hybridized carbons (Fsp3) is 0.290. The molecule has 0 spiro atoms. The highest BCUT2D eigenvalue weighted by molar-refractivity contribution is 7.21. The van der Waals surface area contributed by atoms with E-state index in [-0.39, 0.29) is 37.8 Å². The van der Waals surface area contributed by atoms with E-state index in [0.717, 1.165) is 11.1 Å². The molecule has 15 heteroatoms. The summed E-state index contributed by atoms with van der Waals surface area (Å²) in [6, 6.07) is 9.68. The molecule has 3 N–H and O–H groups in total. The molecule has 2 aromatic carbocycles. The summed E-state index contributed by atoms with van der Waals surface area (Å²) in [6.45, 7) is 2.62. The number of rotatable bonds is 11. The average Bonchev–Trinajstić information content (AvgIpc) is 3.44. The fourth-order valence-corrected chi connectivity index (χ4v) is 5.70. The van der Waals surface area contributed by atoms with Crippen molar-refractivity contribution < 1.29 is 38.0 Å². The highest BCUT2D eigenvalue weighted by Gasteiger charge is 2.38. The number of amides is 2. The summed E-state index contributed by atoms with van der Waals surface area (Å²) in [5.41, 5.74) is 3.52. The Kier molecular flexibility index (Phi) is 8.87. The van der Waals surface area contributed by atoms with Gasteiger partial charge in [-0.1, -0.05) is 0 Å². The molecule has 0 bridgehead atoms. The van der Waals surface area contributed by atoms with Crippen LogP contribution >= 0.6 is 11.3 Å². The van der Waals surface area contributed by atoms with Crippen molar-refractivity contribution in [1.82, 2.24) is 25.3 Å². The van der Waals surface area contributed by atoms with Crippen LogP contribution in [0.15, 0.2) is 48.8 Å². The van der Waals surface area contributed by atoms with Gasteiger partial charge >= 0.3 is 6.09 Å². The first-order chi connectivity index (χ1) is 22.3. The highest BCUT2D eigenvalue weighted by Crippen LogP contribution is 2.37. The van der Waals surface area contributed by atoms with Crippen LogP contribution in [0.2, 0.25) is 0 Å². The van der Waals surface area contributed by atoms with Crippen LogP contribution in [0.1, 0.15) is 16.1 Å². The molecule has 1 aliphatic rings. The molecule has 3 aromatic heterocycles. The van der Waals surface area contributed by atoms with Crippen molar-refractivity contribution in [2.75, 3.05) is 52.0 Å². The summed E-state index contributed by atoms with van der Waals surface area (Å²) in [7, 11) is 1.53. The van der Waals surface area contributed by atoms with Crippen LogP contribution in [-0.4, -0.2) is 83.7 Å². The molecular formula is C31H29FN6O7S. The van der Waals surface area contributed by atoms with Crippen LogP contribution in [0.25, 0.3) is 31.8 Å². The van der Waals surface area contributed by atoms with Gasteiger partial charge in [0.25, 0.3) is 5.91 Å². The number of methoxy groups -OCH3 is 1. The Morgan fingerprint density at radius 3 is 2.65 bits per heavy atom. The number of hydrogen-bond acceptors (Lipinski definition) is 12. The first-order valence-electron chi connectivity index (χ1n) is 14.2. The number of carbonyl (C=O) groups is 2. The molecule has 0 saturated carbocycles. The number of pyridine rings is 1. The SMILES string of the molecule is COc1cnc2c(-c3nc4cc(F)c(OCCOC(=O)Nc5ccc(C(=O)NCC6(CO)COC6)nc5)cc4s3)cc(C)cc2n1. The lowest BCUT2D eigenvalue weighted by molar-refractivity contribution is -0.133. The topological polar surface area (TPSA) is 167 Å². The monoisotopic (exact) mass is 648 g/mol. The second kappa shape index (κ2) is 13.2. The molecule has 0 atom stereocenters. The lowest BCUT2D eigenvalue weighted by Gasteiger charge is -2.39. The largest absolute Gasteiger partial charge is 0.487 e. The molecule has 1 fully saturated rings. The quantitative estimate of drug-likeness (QED) is 0.176. The number of carbonyl (C=O) groups excluding carboxylic acids is 2. The first-order valence-corrected chi connectivity index (χ1v) is 15.0. The Labute approximate surface area is 265 Å². The summed E-state index contributed by atoms with van der Waals surface area (Å²) in [6.07, 6.45) is 2.09. The number of hydrogen-bond donors (Lipinski definition) is 3. The van der Waals surface area contributed by atoms with Crippen LogP contribution in [0.5, 0.6) is 11.6 Å². The van der Waals surface area contributed by atoms with Crippen molar-refractivity contribution in [3.63, 3.8) is 0 Å². The summed E-state index contributed by atoms with van der Waals surface area (Å²) < 4.78 is 36.6. The molecule has 5 aromatic rings. The number of aryl methyl sites for hydroxylation is 1. The van der Waals surface area contributed by atoms with Gasteiger partial charge < -0.3 is 29.4 Å². The summed E-state index contributed by atoms with van der Waals surface area (Å²) in [5, 5.41) is 15.4. The number of fused-ring (bicyclic) bond motifs is 2. The summed E-state index contributed by atoms with van der Waals surface area (Å²) in [4.78, 5) is 42.2. The van der Waals surface area contributed by atoms with Crippen molar-refractivity contribution in [3.8, 4) is 22.2 Å². The maximum absolute atomic E-state index is 14.9. The van der Waals surface area contributed by atoms with Crippen LogP contribution in [0, 0.1) is 18.2 Å². The van der Waals surface area contributed by atoms with Gasteiger partial charge in [-0.15, -0.1) is 11.3 Å². The zero-order chi connectivity index (χ0) is 32.3. The van der Waals surface area contributed by atoms with Gasteiger partial charge in [-0.05, 0) is 36.8 Å². The zero-order valence-corrected chi connectivity index (χ0v) is 25.6. The standard InChI is InChI=1S/C31H29FN6O7S/c1-17-7-19(27-23(8-17)37-26(42-2)12-34-27)29-38-22-9-20(32)24(10-25(22)46-29)44-5-6-45-30(41)36-18-3-4-21(33-11-18)28(40)35-13-31(14-39)15-43-16-31/h3-4,7-12,39H,5-6,13-16H2,1-2H3,(H,35,40)(H,36,41). The Hall–Kier alpha value is -4.99.